The topological polar surface area (TPSA) is 29.1 Å². The molecule has 0 saturated heterocycles. The van der Waals surface area contributed by atoms with Gasteiger partial charge in [-0.15, -0.1) is 0 Å². The summed E-state index contributed by atoms with van der Waals surface area (Å²) < 4.78 is 0.894. The van der Waals surface area contributed by atoms with Crippen LogP contribution in [-0.4, -0.2) is 5.91 Å². The van der Waals surface area contributed by atoms with Crippen LogP contribution in [0.4, 0.5) is 0 Å². The first kappa shape index (κ1) is 16.3. The summed E-state index contributed by atoms with van der Waals surface area (Å²) >= 11 is 8.15. The van der Waals surface area contributed by atoms with Gasteiger partial charge in [0.25, 0.3) is 5.91 Å². The molecule has 0 fully saturated rings. The van der Waals surface area contributed by atoms with Crippen molar-refractivity contribution in [3.8, 4) is 0 Å². The lowest BCUT2D eigenvalue weighted by Gasteiger charge is -2.23. The first-order valence-corrected chi connectivity index (χ1v) is 8.25. The molecule has 4 heteroatoms. The van der Waals surface area contributed by atoms with Crippen LogP contribution >= 0.6 is 34.2 Å². The van der Waals surface area contributed by atoms with E-state index in [1.165, 1.54) is 0 Å². The third kappa shape index (κ3) is 4.20. The van der Waals surface area contributed by atoms with E-state index in [0.29, 0.717) is 16.5 Å². The molecule has 0 spiro atoms. The van der Waals surface area contributed by atoms with Crippen molar-refractivity contribution in [1.29, 1.82) is 0 Å². The number of hydrogen-bond acceptors (Lipinski definition) is 1. The minimum Gasteiger partial charge on any atom is -0.345 e. The zero-order valence-corrected chi connectivity index (χ0v) is 14.9. The number of hydrogen-bond donors (Lipinski definition) is 1. The van der Waals surface area contributed by atoms with Crippen molar-refractivity contribution in [3.05, 3.63) is 68.3 Å². The molecule has 21 heavy (non-hydrogen) atoms. The third-order valence-electron chi connectivity index (χ3n) is 3.28. The molecule has 0 heterocycles. The Hall–Kier alpha value is -1.07. The zero-order valence-electron chi connectivity index (χ0n) is 11.9. The van der Waals surface area contributed by atoms with Crippen molar-refractivity contribution in [1.82, 2.24) is 5.32 Å². The lowest BCUT2D eigenvalue weighted by Crippen LogP contribution is -2.32. The van der Waals surface area contributed by atoms with E-state index in [2.05, 4.69) is 41.8 Å². The molecule has 0 aliphatic heterocycles. The molecule has 2 rings (SSSR count). The Kier molecular flexibility index (Phi) is 5.65. The van der Waals surface area contributed by atoms with Gasteiger partial charge in [0.1, 0.15) is 0 Å². The van der Waals surface area contributed by atoms with E-state index in [1.807, 2.05) is 36.4 Å². The molecule has 0 aliphatic rings. The molecule has 1 unspecified atom stereocenters. The Morgan fingerprint density at radius 2 is 1.81 bits per heavy atom. The van der Waals surface area contributed by atoms with Crippen molar-refractivity contribution in [2.45, 2.75) is 19.9 Å². The molecule has 2 nitrogen and oxygen atoms in total. The van der Waals surface area contributed by atoms with E-state index in [-0.39, 0.29) is 11.9 Å². The van der Waals surface area contributed by atoms with Gasteiger partial charge in [-0.3, -0.25) is 4.79 Å². The van der Waals surface area contributed by atoms with Gasteiger partial charge in [0.15, 0.2) is 0 Å². The van der Waals surface area contributed by atoms with Crippen LogP contribution < -0.4 is 5.32 Å². The molecule has 110 valence electrons. The maximum atomic E-state index is 12.5. The van der Waals surface area contributed by atoms with Crippen molar-refractivity contribution in [2.75, 3.05) is 0 Å². The molecule has 1 N–H and O–H groups in total. The number of carbonyl (C=O) groups is 1. The molecule has 0 saturated carbocycles. The molecule has 2 aromatic carbocycles. The molecular weight excluding hydrogens is 397 g/mol. The number of rotatable bonds is 4. The Balaban J connectivity index is 2.25. The molecule has 0 aliphatic carbocycles. The minimum atomic E-state index is -0.0931. The second-order valence-electron chi connectivity index (χ2n) is 5.23. The fourth-order valence-electron chi connectivity index (χ4n) is 2.19. The number of carbonyl (C=O) groups excluding carboxylic acids is 1. The Morgan fingerprint density at radius 1 is 1.14 bits per heavy atom. The normalized spacial score (nSPS) is 12.2. The van der Waals surface area contributed by atoms with Gasteiger partial charge in [-0.25, -0.2) is 0 Å². The van der Waals surface area contributed by atoms with Gasteiger partial charge >= 0.3 is 0 Å². The second kappa shape index (κ2) is 7.27. The summed E-state index contributed by atoms with van der Waals surface area (Å²) in [5.41, 5.74) is 1.72. The molecule has 1 amide bonds. The van der Waals surface area contributed by atoms with E-state index >= 15 is 0 Å². The van der Waals surface area contributed by atoms with Gasteiger partial charge in [0, 0.05) is 8.59 Å². The van der Waals surface area contributed by atoms with Crippen LogP contribution in [0.15, 0.2) is 48.5 Å². The number of benzene rings is 2. The van der Waals surface area contributed by atoms with Crippen molar-refractivity contribution >= 4 is 40.1 Å². The number of halogens is 2. The fourth-order valence-corrected chi connectivity index (χ4v) is 2.94. The van der Waals surface area contributed by atoms with E-state index in [1.54, 1.807) is 12.1 Å². The Bertz CT molecular complexity index is 628. The van der Waals surface area contributed by atoms with Crippen LogP contribution in [-0.2, 0) is 0 Å². The molecule has 1 atom stereocenters. The van der Waals surface area contributed by atoms with Crippen LogP contribution in [0.5, 0.6) is 0 Å². The summed E-state index contributed by atoms with van der Waals surface area (Å²) in [5, 5.41) is 3.69. The Labute approximate surface area is 144 Å². The third-order valence-corrected chi connectivity index (χ3v) is 4.46. The highest BCUT2D eigenvalue weighted by atomic mass is 127. The van der Waals surface area contributed by atoms with Gasteiger partial charge in [-0.05, 0) is 52.3 Å². The van der Waals surface area contributed by atoms with E-state index in [0.717, 1.165) is 9.13 Å². The summed E-state index contributed by atoms with van der Waals surface area (Å²) in [6.07, 6.45) is 0. The van der Waals surface area contributed by atoms with E-state index in [9.17, 15) is 4.79 Å². The van der Waals surface area contributed by atoms with Crippen molar-refractivity contribution in [3.63, 3.8) is 0 Å². The highest BCUT2D eigenvalue weighted by Gasteiger charge is 2.20. The van der Waals surface area contributed by atoms with Gasteiger partial charge in [0.2, 0.25) is 0 Å². The minimum absolute atomic E-state index is 0.0199. The molecular formula is C17H17ClINO. The lowest BCUT2D eigenvalue weighted by molar-refractivity contribution is 0.0924. The van der Waals surface area contributed by atoms with E-state index in [4.69, 9.17) is 11.6 Å². The fraction of sp³-hybridized carbons (Fsp3) is 0.235. The average Bonchev–Trinajstić information content (AvgIpc) is 2.47. The second-order valence-corrected chi connectivity index (χ2v) is 6.83. The Morgan fingerprint density at radius 3 is 2.43 bits per heavy atom. The predicted octanol–water partition coefficient (Wildman–Crippen LogP) is 5.07. The summed E-state index contributed by atoms with van der Waals surface area (Å²) in [7, 11) is 0. The molecule has 2 aromatic rings. The highest BCUT2D eigenvalue weighted by Crippen LogP contribution is 2.23. The number of nitrogens with one attached hydrogen (secondary N) is 1. The van der Waals surface area contributed by atoms with E-state index < -0.39 is 0 Å². The predicted molar refractivity (Wildman–Crippen MR) is 95.7 cm³/mol. The first-order valence-electron chi connectivity index (χ1n) is 6.80. The van der Waals surface area contributed by atoms with Crippen LogP contribution in [0.25, 0.3) is 0 Å². The lowest BCUT2D eigenvalue weighted by atomic mass is 9.95. The molecule has 0 aromatic heterocycles. The largest absolute Gasteiger partial charge is 0.345 e. The number of amides is 1. The monoisotopic (exact) mass is 413 g/mol. The molecule has 0 radical (unpaired) electrons. The maximum absolute atomic E-state index is 12.5. The SMILES string of the molecule is CC(C)C(NC(=O)c1cc(Cl)ccc1I)c1ccccc1. The standard InChI is InChI=1S/C17H17ClINO/c1-11(2)16(12-6-4-3-5-7-12)20-17(21)14-10-13(18)8-9-15(14)19/h3-11,16H,1-2H3,(H,20,21). The van der Waals surface area contributed by atoms with Crippen LogP contribution in [0.2, 0.25) is 5.02 Å². The quantitative estimate of drug-likeness (QED) is 0.697. The van der Waals surface area contributed by atoms with Gasteiger partial charge in [-0.1, -0.05) is 55.8 Å². The smallest absolute Gasteiger partial charge is 0.252 e. The summed E-state index contributed by atoms with van der Waals surface area (Å²) in [5.74, 6) is 0.206. The first-order chi connectivity index (χ1) is 9.99. The average molecular weight is 414 g/mol. The highest BCUT2D eigenvalue weighted by molar-refractivity contribution is 14.1. The van der Waals surface area contributed by atoms with Crippen molar-refractivity contribution in [2.24, 2.45) is 5.92 Å². The maximum Gasteiger partial charge on any atom is 0.252 e. The summed E-state index contributed by atoms with van der Waals surface area (Å²) in [6, 6.07) is 15.3. The molecule has 0 bridgehead atoms. The van der Waals surface area contributed by atoms with Crippen LogP contribution in [0.1, 0.15) is 35.8 Å². The van der Waals surface area contributed by atoms with Gasteiger partial charge in [-0.2, -0.15) is 0 Å². The van der Waals surface area contributed by atoms with Gasteiger partial charge in [0.05, 0.1) is 11.6 Å². The zero-order chi connectivity index (χ0) is 15.4. The summed E-state index contributed by atoms with van der Waals surface area (Å²) in [6.45, 7) is 4.20. The van der Waals surface area contributed by atoms with Crippen LogP contribution in [0, 0.1) is 9.49 Å². The van der Waals surface area contributed by atoms with Crippen LogP contribution in [0.3, 0.4) is 0 Å². The van der Waals surface area contributed by atoms with Gasteiger partial charge < -0.3 is 5.32 Å². The van der Waals surface area contributed by atoms with Crippen molar-refractivity contribution < 1.29 is 4.79 Å². The summed E-state index contributed by atoms with van der Waals surface area (Å²) in [4.78, 5) is 12.5.